The molecule has 0 aromatic rings. The van der Waals surface area contributed by atoms with Crippen molar-refractivity contribution in [2.24, 2.45) is 5.41 Å². The molecule has 0 aliphatic carbocycles. The van der Waals surface area contributed by atoms with E-state index in [1.54, 1.807) is 13.8 Å². The van der Waals surface area contributed by atoms with Gasteiger partial charge in [-0.25, -0.2) is 4.79 Å². The molecule has 0 saturated carbocycles. The predicted molar refractivity (Wildman–Crippen MR) is 79.7 cm³/mol. The summed E-state index contributed by atoms with van der Waals surface area (Å²) in [5, 5.41) is 14.4. The number of hydrogen-bond acceptors (Lipinski definition) is 3. The maximum absolute atomic E-state index is 11.5. The maximum atomic E-state index is 11.5. The van der Waals surface area contributed by atoms with Gasteiger partial charge in [0.15, 0.2) is 0 Å². The number of urea groups is 1. The number of hydrogen-bond donors (Lipinski definition) is 3. The van der Waals surface area contributed by atoms with E-state index in [0.29, 0.717) is 13.0 Å². The molecular formula is C13H26N2O3S. The molecule has 1 unspecified atom stereocenters. The number of carboxylic acids is 1. The third kappa shape index (κ3) is 7.97. The number of carbonyl (C=O) groups is 2. The fourth-order valence-electron chi connectivity index (χ4n) is 1.44. The van der Waals surface area contributed by atoms with E-state index in [1.807, 2.05) is 11.8 Å². The minimum atomic E-state index is -0.893. The van der Waals surface area contributed by atoms with E-state index in [2.05, 4.69) is 16.9 Å². The van der Waals surface area contributed by atoms with Crippen molar-refractivity contribution in [3.63, 3.8) is 0 Å². The molecule has 0 rings (SSSR count). The van der Waals surface area contributed by atoms with E-state index in [0.717, 1.165) is 25.0 Å². The van der Waals surface area contributed by atoms with Crippen LogP contribution in [0.25, 0.3) is 0 Å². The SMILES string of the molecule is CCC(C)(CNC(=O)NCCCCCSC)C(=O)O. The van der Waals surface area contributed by atoms with Gasteiger partial charge in [0.1, 0.15) is 0 Å². The van der Waals surface area contributed by atoms with Gasteiger partial charge in [0.25, 0.3) is 0 Å². The molecule has 6 heteroatoms. The lowest BCUT2D eigenvalue weighted by Gasteiger charge is -2.23. The van der Waals surface area contributed by atoms with Gasteiger partial charge in [0.2, 0.25) is 0 Å². The Kier molecular flexibility index (Phi) is 9.47. The Morgan fingerprint density at radius 1 is 1.21 bits per heavy atom. The van der Waals surface area contributed by atoms with E-state index >= 15 is 0 Å². The highest BCUT2D eigenvalue weighted by molar-refractivity contribution is 7.98. The van der Waals surface area contributed by atoms with Crippen molar-refractivity contribution in [3.8, 4) is 0 Å². The lowest BCUT2D eigenvalue weighted by atomic mass is 9.88. The van der Waals surface area contributed by atoms with Gasteiger partial charge in [-0.1, -0.05) is 13.3 Å². The molecular weight excluding hydrogens is 264 g/mol. The van der Waals surface area contributed by atoms with Crippen LogP contribution in [-0.2, 0) is 4.79 Å². The molecule has 0 aromatic heterocycles. The van der Waals surface area contributed by atoms with Crippen LogP contribution in [-0.4, -0.2) is 42.2 Å². The van der Waals surface area contributed by atoms with Crippen LogP contribution in [0.3, 0.4) is 0 Å². The molecule has 0 bridgehead atoms. The Morgan fingerprint density at radius 3 is 2.42 bits per heavy atom. The van der Waals surface area contributed by atoms with Crippen LogP contribution >= 0.6 is 11.8 Å². The number of nitrogens with one attached hydrogen (secondary N) is 2. The second kappa shape index (κ2) is 9.95. The minimum Gasteiger partial charge on any atom is -0.481 e. The first-order valence-corrected chi connectivity index (χ1v) is 8.09. The van der Waals surface area contributed by atoms with Gasteiger partial charge >= 0.3 is 12.0 Å². The largest absolute Gasteiger partial charge is 0.481 e. The fourth-order valence-corrected chi connectivity index (χ4v) is 1.93. The van der Waals surface area contributed by atoms with Crippen molar-refractivity contribution in [1.82, 2.24) is 10.6 Å². The molecule has 112 valence electrons. The molecule has 5 nitrogen and oxygen atoms in total. The third-order valence-corrected chi connectivity index (χ3v) is 3.94. The van der Waals surface area contributed by atoms with Gasteiger partial charge in [-0.2, -0.15) is 11.8 Å². The Hall–Kier alpha value is -0.910. The monoisotopic (exact) mass is 290 g/mol. The zero-order chi connectivity index (χ0) is 14.7. The van der Waals surface area contributed by atoms with Crippen molar-refractivity contribution >= 4 is 23.8 Å². The summed E-state index contributed by atoms with van der Waals surface area (Å²) in [4.78, 5) is 22.5. The number of carboxylic acid groups (broad SMARTS) is 1. The van der Waals surface area contributed by atoms with E-state index < -0.39 is 11.4 Å². The number of aliphatic carboxylic acids is 1. The van der Waals surface area contributed by atoms with Crippen LogP contribution in [0.15, 0.2) is 0 Å². The van der Waals surface area contributed by atoms with Gasteiger partial charge in [-0.15, -0.1) is 0 Å². The molecule has 19 heavy (non-hydrogen) atoms. The van der Waals surface area contributed by atoms with E-state index in [1.165, 1.54) is 0 Å². The number of rotatable bonds is 10. The standard InChI is InChI=1S/C13H26N2O3S/c1-4-13(2,11(16)17)10-15-12(18)14-8-6-5-7-9-19-3/h4-10H2,1-3H3,(H,16,17)(H2,14,15,18). The Balaban J connectivity index is 3.72. The zero-order valence-corrected chi connectivity index (χ0v) is 12.9. The number of amides is 2. The molecule has 0 spiro atoms. The fraction of sp³-hybridized carbons (Fsp3) is 0.846. The predicted octanol–water partition coefficient (Wildman–Crippen LogP) is 2.32. The Morgan fingerprint density at radius 2 is 1.89 bits per heavy atom. The summed E-state index contributed by atoms with van der Waals surface area (Å²) in [5.74, 6) is 0.270. The van der Waals surface area contributed by atoms with E-state index in [4.69, 9.17) is 5.11 Å². The molecule has 3 N–H and O–H groups in total. The average Bonchev–Trinajstić information content (AvgIpc) is 2.39. The quantitative estimate of drug-likeness (QED) is 0.540. The van der Waals surface area contributed by atoms with Crippen LogP contribution in [0, 0.1) is 5.41 Å². The number of carbonyl (C=O) groups excluding carboxylic acids is 1. The lowest BCUT2D eigenvalue weighted by Crippen LogP contribution is -2.44. The summed E-state index contributed by atoms with van der Waals surface area (Å²) < 4.78 is 0. The number of thioether (sulfide) groups is 1. The normalized spacial score (nSPS) is 13.6. The summed E-state index contributed by atoms with van der Waals surface area (Å²) in [6, 6.07) is -0.286. The highest BCUT2D eigenvalue weighted by atomic mass is 32.2. The third-order valence-electron chi connectivity index (χ3n) is 3.25. The molecule has 0 aromatic carbocycles. The second-order valence-electron chi connectivity index (χ2n) is 4.88. The molecule has 0 aliphatic heterocycles. The topological polar surface area (TPSA) is 78.4 Å². The van der Waals surface area contributed by atoms with Gasteiger partial charge in [0, 0.05) is 13.1 Å². The van der Waals surface area contributed by atoms with Gasteiger partial charge < -0.3 is 15.7 Å². The van der Waals surface area contributed by atoms with Gasteiger partial charge in [-0.05, 0) is 38.2 Å². The molecule has 0 heterocycles. The second-order valence-corrected chi connectivity index (χ2v) is 5.87. The smallest absolute Gasteiger partial charge is 0.314 e. The van der Waals surface area contributed by atoms with Crippen LogP contribution in [0.2, 0.25) is 0 Å². The van der Waals surface area contributed by atoms with E-state index in [-0.39, 0.29) is 12.6 Å². The first-order chi connectivity index (χ1) is 8.96. The Bertz CT molecular complexity index is 287. The maximum Gasteiger partial charge on any atom is 0.314 e. The summed E-state index contributed by atoms with van der Waals surface area (Å²) in [7, 11) is 0. The minimum absolute atomic E-state index is 0.150. The number of unbranched alkanes of at least 4 members (excludes halogenated alkanes) is 2. The Labute approximate surface area is 119 Å². The zero-order valence-electron chi connectivity index (χ0n) is 12.1. The van der Waals surface area contributed by atoms with Crippen molar-refractivity contribution in [2.45, 2.75) is 39.5 Å². The van der Waals surface area contributed by atoms with Crippen LogP contribution < -0.4 is 10.6 Å². The van der Waals surface area contributed by atoms with Crippen molar-refractivity contribution in [3.05, 3.63) is 0 Å². The highest BCUT2D eigenvalue weighted by Crippen LogP contribution is 2.19. The van der Waals surface area contributed by atoms with Crippen molar-refractivity contribution in [2.75, 3.05) is 25.1 Å². The van der Waals surface area contributed by atoms with Gasteiger partial charge in [-0.3, -0.25) is 4.79 Å². The summed E-state index contributed by atoms with van der Waals surface area (Å²) in [5.41, 5.74) is -0.893. The molecule has 0 saturated heterocycles. The highest BCUT2D eigenvalue weighted by Gasteiger charge is 2.31. The molecule has 0 radical (unpaired) electrons. The molecule has 2 amide bonds. The molecule has 0 aliphatic rings. The first-order valence-electron chi connectivity index (χ1n) is 6.70. The van der Waals surface area contributed by atoms with Crippen molar-refractivity contribution < 1.29 is 14.7 Å². The first kappa shape index (κ1) is 18.1. The molecule has 0 fully saturated rings. The lowest BCUT2D eigenvalue weighted by molar-refractivity contribution is -0.147. The summed E-state index contributed by atoms with van der Waals surface area (Å²) in [6.45, 7) is 4.23. The molecule has 1 atom stereocenters. The van der Waals surface area contributed by atoms with Crippen molar-refractivity contribution in [1.29, 1.82) is 0 Å². The van der Waals surface area contributed by atoms with Gasteiger partial charge in [0.05, 0.1) is 5.41 Å². The van der Waals surface area contributed by atoms with Crippen LogP contribution in [0.5, 0.6) is 0 Å². The summed E-state index contributed by atoms with van der Waals surface area (Å²) in [6.07, 6.45) is 5.79. The van der Waals surface area contributed by atoms with Crippen LogP contribution in [0.1, 0.15) is 39.5 Å². The van der Waals surface area contributed by atoms with Crippen LogP contribution in [0.4, 0.5) is 4.79 Å². The average molecular weight is 290 g/mol. The summed E-state index contributed by atoms with van der Waals surface area (Å²) >= 11 is 1.83. The van der Waals surface area contributed by atoms with E-state index in [9.17, 15) is 9.59 Å².